The van der Waals surface area contributed by atoms with Crippen LogP contribution in [0, 0.1) is 0 Å². The third kappa shape index (κ3) is 2.82. The van der Waals surface area contributed by atoms with Gasteiger partial charge < -0.3 is 14.2 Å². The van der Waals surface area contributed by atoms with Crippen molar-refractivity contribution in [1.82, 2.24) is 9.80 Å². The van der Waals surface area contributed by atoms with Gasteiger partial charge in [-0.25, -0.2) is 0 Å². The average molecular weight is 290 g/mol. The molecule has 0 bridgehead atoms. The summed E-state index contributed by atoms with van der Waals surface area (Å²) in [4.78, 5) is 28.5. The zero-order valence-corrected chi connectivity index (χ0v) is 12.5. The number of amides is 2. The number of hydrogen-bond donors (Lipinski definition) is 0. The minimum atomic E-state index is -0.317. The summed E-state index contributed by atoms with van der Waals surface area (Å²) in [6.07, 6.45) is 5.99. The molecule has 0 spiro atoms. The van der Waals surface area contributed by atoms with Crippen LogP contribution in [-0.2, 0) is 16.1 Å². The molecule has 1 aromatic rings. The fourth-order valence-electron chi connectivity index (χ4n) is 3.38. The number of nitrogens with zero attached hydrogens (tertiary/aromatic N) is 2. The molecule has 114 valence electrons. The van der Waals surface area contributed by atoms with Crippen LogP contribution in [0.1, 0.15) is 44.8 Å². The normalized spacial score (nSPS) is 26.4. The van der Waals surface area contributed by atoms with Crippen LogP contribution in [-0.4, -0.2) is 40.2 Å². The van der Waals surface area contributed by atoms with E-state index in [4.69, 9.17) is 4.42 Å². The molecule has 0 aliphatic carbocycles. The molecule has 0 N–H and O–H groups in total. The largest absolute Gasteiger partial charge is 0.467 e. The van der Waals surface area contributed by atoms with Crippen molar-refractivity contribution in [2.75, 3.05) is 6.54 Å². The first-order valence-electron chi connectivity index (χ1n) is 7.79. The van der Waals surface area contributed by atoms with Gasteiger partial charge in [0.1, 0.15) is 11.8 Å². The predicted molar refractivity (Wildman–Crippen MR) is 77.3 cm³/mol. The molecular weight excluding hydrogens is 268 g/mol. The van der Waals surface area contributed by atoms with Gasteiger partial charge in [0.15, 0.2) is 0 Å². The smallest absolute Gasteiger partial charge is 0.245 e. The van der Waals surface area contributed by atoms with Crippen LogP contribution < -0.4 is 0 Å². The molecule has 2 aliphatic rings. The van der Waals surface area contributed by atoms with Crippen LogP contribution in [0.3, 0.4) is 0 Å². The van der Waals surface area contributed by atoms with E-state index in [2.05, 4.69) is 6.92 Å². The van der Waals surface area contributed by atoms with Crippen LogP contribution in [0.2, 0.25) is 0 Å². The van der Waals surface area contributed by atoms with Crippen molar-refractivity contribution in [2.24, 2.45) is 0 Å². The van der Waals surface area contributed by atoms with Gasteiger partial charge in [0.05, 0.1) is 12.8 Å². The fraction of sp³-hybridized carbons (Fsp3) is 0.625. The topological polar surface area (TPSA) is 53.8 Å². The van der Waals surface area contributed by atoms with Crippen molar-refractivity contribution in [3.63, 3.8) is 0 Å². The zero-order chi connectivity index (χ0) is 14.8. The Bertz CT molecular complexity index is 512. The molecule has 2 saturated heterocycles. The van der Waals surface area contributed by atoms with Crippen molar-refractivity contribution >= 4 is 11.8 Å². The van der Waals surface area contributed by atoms with Crippen LogP contribution in [0.4, 0.5) is 0 Å². The van der Waals surface area contributed by atoms with Gasteiger partial charge >= 0.3 is 0 Å². The van der Waals surface area contributed by atoms with Crippen LogP contribution in [0.25, 0.3) is 0 Å². The summed E-state index contributed by atoms with van der Waals surface area (Å²) in [5, 5.41) is 0. The van der Waals surface area contributed by atoms with E-state index in [0.717, 1.165) is 25.1 Å². The maximum absolute atomic E-state index is 12.8. The van der Waals surface area contributed by atoms with Gasteiger partial charge in [-0.05, 0) is 44.7 Å². The average Bonchev–Trinajstić information content (AvgIpc) is 3.11. The lowest BCUT2D eigenvalue weighted by Crippen LogP contribution is -2.51. The van der Waals surface area contributed by atoms with Crippen molar-refractivity contribution in [3.8, 4) is 0 Å². The molecule has 0 saturated carbocycles. The second-order valence-corrected chi connectivity index (χ2v) is 6.03. The van der Waals surface area contributed by atoms with Crippen molar-refractivity contribution in [2.45, 2.75) is 57.7 Å². The fourth-order valence-corrected chi connectivity index (χ4v) is 3.38. The number of carbonyl (C=O) groups excluding carboxylic acids is 2. The molecule has 21 heavy (non-hydrogen) atoms. The lowest BCUT2D eigenvalue weighted by Gasteiger charge is -2.37. The van der Waals surface area contributed by atoms with E-state index in [1.165, 1.54) is 6.42 Å². The first kappa shape index (κ1) is 14.2. The summed E-state index contributed by atoms with van der Waals surface area (Å²) in [5.41, 5.74) is 0. The Balaban J connectivity index is 1.73. The quantitative estimate of drug-likeness (QED) is 0.857. The Kier molecular flexibility index (Phi) is 3.99. The summed E-state index contributed by atoms with van der Waals surface area (Å²) in [7, 11) is 0. The standard InChI is InChI=1S/C16H22N2O3/c1-12-5-2-3-9-17(12)16(20)14-7-8-15(19)18(14)11-13-6-4-10-21-13/h4,6,10,12,14H,2-3,5,7-9,11H2,1H3/t12-,14+/m0/s1. The van der Waals surface area contributed by atoms with Crippen LogP contribution in [0.5, 0.6) is 0 Å². The Morgan fingerprint density at radius 3 is 2.95 bits per heavy atom. The molecule has 2 amide bonds. The second-order valence-electron chi connectivity index (χ2n) is 6.03. The molecule has 3 rings (SSSR count). The predicted octanol–water partition coefficient (Wildman–Crippen LogP) is 2.17. The summed E-state index contributed by atoms with van der Waals surface area (Å²) in [5.74, 6) is 0.892. The van der Waals surface area contributed by atoms with Crippen molar-refractivity contribution in [3.05, 3.63) is 24.2 Å². The molecule has 3 heterocycles. The molecular formula is C16H22N2O3. The van der Waals surface area contributed by atoms with Gasteiger partial charge in [0.2, 0.25) is 11.8 Å². The Morgan fingerprint density at radius 2 is 2.24 bits per heavy atom. The monoisotopic (exact) mass is 290 g/mol. The highest BCUT2D eigenvalue weighted by Gasteiger charge is 2.39. The highest BCUT2D eigenvalue weighted by atomic mass is 16.3. The Morgan fingerprint density at radius 1 is 1.38 bits per heavy atom. The molecule has 2 atom stereocenters. The van der Waals surface area contributed by atoms with E-state index in [9.17, 15) is 9.59 Å². The van der Waals surface area contributed by atoms with Gasteiger partial charge in [-0.3, -0.25) is 9.59 Å². The van der Waals surface area contributed by atoms with Gasteiger partial charge in [0, 0.05) is 19.0 Å². The maximum Gasteiger partial charge on any atom is 0.245 e. The zero-order valence-electron chi connectivity index (χ0n) is 12.5. The number of carbonyl (C=O) groups is 2. The molecule has 5 nitrogen and oxygen atoms in total. The van der Waals surface area contributed by atoms with Gasteiger partial charge in [-0.2, -0.15) is 0 Å². The summed E-state index contributed by atoms with van der Waals surface area (Å²) in [6, 6.07) is 3.62. The number of hydrogen-bond acceptors (Lipinski definition) is 3. The van der Waals surface area contributed by atoms with Crippen LogP contribution in [0.15, 0.2) is 22.8 Å². The van der Waals surface area contributed by atoms with E-state index in [0.29, 0.717) is 19.4 Å². The van der Waals surface area contributed by atoms with Crippen LogP contribution >= 0.6 is 0 Å². The highest BCUT2D eigenvalue weighted by Crippen LogP contribution is 2.26. The van der Waals surface area contributed by atoms with E-state index in [1.807, 2.05) is 11.0 Å². The van der Waals surface area contributed by atoms with Gasteiger partial charge in [-0.15, -0.1) is 0 Å². The minimum Gasteiger partial charge on any atom is -0.467 e. The maximum atomic E-state index is 12.8. The van der Waals surface area contributed by atoms with Crippen molar-refractivity contribution in [1.29, 1.82) is 0 Å². The lowest BCUT2D eigenvalue weighted by molar-refractivity contribution is -0.144. The number of likely N-dealkylation sites (tertiary alicyclic amines) is 2. The summed E-state index contributed by atoms with van der Waals surface area (Å²) >= 11 is 0. The molecule has 2 aliphatic heterocycles. The van der Waals surface area contributed by atoms with E-state index in [-0.39, 0.29) is 23.9 Å². The molecule has 5 heteroatoms. The molecule has 0 unspecified atom stereocenters. The second kappa shape index (κ2) is 5.92. The van der Waals surface area contributed by atoms with E-state index >= 15 is 0 Å². The van der Waals surface area contributed by atoms with Crippen molar-refractivity contribution < 1.29 is 14.0 Å². The number of furan rings is 1. The summed E-state index contributed by atoms with van der Waals surface area (Å²) < 4.78 is 5.32. The number of rotatable bonds is 3. The highest BCUT2D eigenvalue weighted by molar-refractivity contribution is 5.91. The molecule has 1 aromatic heterocycles. The van der Waals surface area contributed by atoms with E-state index < -0.39 is 0 Å². The van der Waals surface area contributed by atoms with Gasteiger partial charge in [0.25, 0.3) is 0 Å². The number of piperidine rings is 1. The third-order valence-electron chi connectivity index (χ3n) is 4.61. The summed E-state index contributed by atoms with van der Waals surface area (Å²) in [6.45, 7) is 3.31. The molecule has 0 radical (unpaired) electrons. The first-order valence-corrected chi connectivity index (χ1v) is 7.79. The third-order valence-corrected chi connectivity index (χ3v) is 4.61. The SMILES string of the molecule is C[C@H]1CCCCN1C(=O)[C@H]1CCC(=O)N1Cc1ccco1. The minimum absolute atomic E-state index is 0.0504. The van der Waals surface area contributed by atoms with Gasteiger partial charge in [-0.1, -0.05) is 0 Å². The van der Waals surface area contributed by atoms with E-state index in [1.54, 1.807) is 17.2 Å². The Labute approximate surface area is 124 Å². The Hall–Kier alpha value is -1.78. The molecule has 0 aromatic carbocycles. The molecule has 2 fully saturated rings. The lowest BCUT2D eigenvalue weighted by atomic mass is 10.0. The first-order chi connectivity index (χ1) is 10.2.